The molecule has 1 saturated heterocycles. The van der Waals surface area contributed by atoms with Crippen molar-refractivity contribution < 1.29 is 4.74 Å². The largest absolute Gasteiger partial charge is 0.376 e. The van der Waals surface area contributed by atoms with Crippen LogP contribution in [0.15, 0.2) is 24.3 Å². The Morgan fingerprint density at radius 2 is 2.11 bits per heavy atom. The van der Waals surface area contributed by atoms with E-state index < -0.39 is 0 Å². The summed E-state index contributed by atoms with van der Waals surface area (Å²) in [5.41, 5.74) is 2.63. The Hall–Kier alpha value is -1.06. The molecule has 1 fully saturated rings. The van der Waals surface area contributed by atoms with Crippen LogP contribution >= 0.6 is 0 Å². The van der Waals surface area contributed by atoms with Crippen LogP contribution in [0.3, 0.4) is 0 Å². The number of nitrogens with one attached hydrogen (secondary N) is 1. The third-order valence-electron chi connectivity index (χ3n) is 4.02. The zero-order valence-electron chi connectivity index (χ0n) is 12.4. The Bertz CT molecular complexity index is 371. The number of anilines is 1. The smallest absolute Gasteiger partial charge is 0.0750 e. The predicted molar refractivity (Wildman–Crippen MR) is 80.8 cm³/mol. The van der Waals surface area contributed by atoms with Crippen LogP contribution in [0, 0.1) is 0 Å². The van der Waals surface area contributed by atoms with Crippen molar-refractivity contribution in [3.05, 3.63) is 29.8 Å². The SMILES string of the molecule is CCN(CC1CCCO1)c1ccc(C(C)NC)cc1. The molecule has 0 saturated carbocycles. The molecule has 2 atom stereocenters. The summed E-state index contributed by atoms with van der Waals surface area (Å²) in [6.07, 6.45) is 2.82. The molecule has 1 aromatic rings. The van der Waals surface area contributed by atoms with Gasteiger partial charge < -0.3 is 15.0 Å². The van der Waals surface area contributed by atoms with Crippen LogP contribution in [0.1, 0.15) is 38.3 Å². The lowest BCUT2D eigenvalue weighted by molar-refractivity contribution is 0.115. The standard InChI is InChI=1S/C16H26N2O/c1-4-18(12-16-6-5-11-19-16)15-9-7-14(8-10-15)13(2)17-3/h7-10,13,16-17H,4-6,11-12H2,1-3H3. The Morgan fingerprint density at radius 1 is 1.37 bits per heavy atom. The Labute approximate surface area is 116 Å². The molecule has 0 radical (unpaired) electrons. The fourth-order valence-electron chi connectivity index (χ4n) is 2.59. The van der Waals surface area contributed by atoms with E-state index >= 15 is 0 Å². The molecule has 106 valence electrons. The molecule has 1 aliphatic heterocycles. The van der Waals surface area contributed by atoms with Gasteiger partial charge in [0.2, 0.25) is 0 Å². The van der Waals surface area contributed by atoms with Crippen LogP contribution in [0.2, 0.25) is 0 Å². The van der Waals surface area contributed by atoms with Gasteiger partial charge in [0.1, 0.15) is 0 Å². The van der Waals surface area contributed by atoms with E-state index in [0.717, 1.165) is 19.7 Å². The quantitative estimate of drug-likeness (QED) is 0.853. The van der Waals surface area contributed by atoms with E-state index in [1.54, 1.807) is 0 Å². The summed E-state index contributed by atoms with van der Waals surface area (Å²) in [6, 6.07) is 9.29. The first-order valence-corrected chi connectivity index (χ1v) is 7.38. The Kier molecular flexibility index (Phi) is 5.23. The van der Waals surface area contributed by atoms with E-state index in [9.17, 15) is 0 Å². The van der Waals surface area contributed by atoms with Gasteiger partial charge in [0.25, 0.3) is 0 Å². The number of ether oxygens (including phenoxy) is 1. The topological polar surface area (TPSA) is 24.5 Å². The lowest BCUT2D eigenvalue weighted by Gasteiger charge is -2.26. The Balaban J connectivity index is 2.01. The van der Waals surface area contributed by atoms with Crippen LogP contribution in [0.5, 0.6) is 0 Å². The maximum atomic E-state index is 5.73. The molecule has 3 nitrogen and oxygen atoms in total. The minimum Gasteiger partial charge on any atom is -0.376 e. The average molecular weight is 262 g/mol. The molecular weight excluding hydrogens is 236 g/mol. The van der Waals surface area contributed by atoms with Gasteiger partial charge in [-0.1, -0.05) is 12.1 Å². The van der Waals surface area contributed by atoms with Gasteiger partial charge in [-0.05, 0) is 51.4 Å². The maximum absolute atomic E-state index is 5.73. The van der Waals surface area contributed by atoms with Crippen molar-refractivity contribution in [1.82, 2.24) is 5.32 Å². The van der Waals surface area contributed by atoms with E-state index in [1.165, 1.54) is 24.1 Å². The number of hydrogen-bond acceptors (Lipinski definition) is 3. The van der Waals surface area contributed by atoms with Crippen LogP contribution in [-0.2, 0) is 4.74 Å². The van der Waals surface area contributed by atoms with E-state index in [2.05, 4.69) is 48.3 Å². The first-order valence-electron chi connectivity index (χ1n) is 7.38. The molecule has 1 aliphatic rings. The third kappa shape index (κ3) is 3.71. The lowest BCUT2D eigenvalue weighted by atomic mass is 10.1. The van der Waals surface area contributed by atoms with Crippen LogP contribution in [0.25, 0.3) is 0 Å². The molecular formula is C16H26N2O. The van der Waals surface area contributed by atoms with Gasteiger partial charge in [0, 0.05) is 31.4 Å². The molecule has 1 aromatic carbocycles. The fraction of sp³-hybridized carbons (Fsp3) is 0.625. The molecule has 1 heterocycles. The van der Waals surface area contributed by atoms with Crippen LogP contribution < -0.4 is 10.2 Å². The predicted octanol–water partition coefficient (Wildman–Crippen LogP) is 2.97. The van der Waals surface area contributed by atoms with Crippen molar-refractivity contribution in [2.24, 2.45) is 0 Å². The molecule has 0 aliphatic carbocycles. The summed E-state index contributed by atoms with van der Waals surface area (Å²) in [7, 11) is 1.99. The van der Waals surface area contributed by atoms with E-state index in [-0.39, 0.29) is 0 Å². The highest BCUT2D eigenvalue weighted by molar-refractivity contribution is 5.48. The fourth-order valence-corrected chi connectivity index (χ4v) is 2.59. The average Bonchev–Trinajstić information content (AvgIpc) is 2.97. The number of likely N-dealkylation sites (N-methyl/N-ethyl adjacent to an activating group) is 1. The van der Waals surface area contributed by atoms with Gasteiger partial charge in [-0.2, -0.15) is 0 Å². The van der Waals surface area contributed by atoms with Crippen molar-refractivity contribution >= 4 is 5.69 Å². The molecule has 0 aromatic heterocycles. The van der Waals surface area contributed by atoms with Crippen LogP contribution in [-0.4, -0.2) is 32.8 Å². The van der Waals surface area contributed by atoms with E-state index in [4.69, 9.17) is 4.74 Å². The molecule has 0 amide bonds. The minimum absolute atomic E-state index is 0.405. The van der Waals surface area contributed by atoms with Gasteiger partial charge in [-0.25, -0.2) is 0 Å². The van der Waals surface area contributed by atoms with Gasteiger partial charge >= 0.3 is 0 Å². The van der Waals surface area contributed by atoms with Gasteiger partial charge in [0.05, 0.1) is 6.10 Å². The molecule has 0 spiro atoms. The third-order valence-corrected chi connectivity index (χ3v) is 4.02. The van der Waals surface area contributed by atoms with E-state index in [1.807, 2.05) is 7.05 Å². The summed E-state index contributed by atoms with van der Waals surface area (Å²) >= 11 is 0. The summed E-state index contributed by atoms with van der Waals surface area (Å²) in [6.45, 7) is 7.36. The second-order valence-electron chi connectivity index (χ2n) is 5.28. The van der Waals surface area contributed by atoms with Crippen molar-refractivity contribution in [2.75, 3.05) is 31.6 Å². The van der Waals surface area contributed by atoms with E-state index in [0.29, 0.717) is 12.1 Å². The first kappa shape index (κ1) is 14.4. The highest BCUT2D eigenvalue weighted by atomic mass is 16.5. The van der Waals surface area contributed by atoms with Crippen molar-refractivity contribution in [3.63, 3.8) is 0 Å². The second kappa shape index (κ2) is 6.92. The number of nitrogens with zero attached hydrogens (tertiary/aromatic N) is 1. The van der Waals surface area contributed by atoms with Crippen molar-refractivity contribution in [2.45, 2.75) is 38.8 Å². The zero-order chi connectivity index (χ0) is 13.7. The number of hydrogen-bond donors (Lipinski definition) is 1. The minimum atomic E-state index is 0.405. The van der Waals surface area contributed by atoms with Gasteiger partial charge in [-0.3, -0.25) is 0 Å². The lowest BCUT2D eigenvalue weighted by Crippen LogP contribution is -2.32. The first-order chi connectivity index (χ1) is 9.24. The van der Waals surface area contributed by atoms with Gasteiger partial charge in [0.15, 0.2) is 0 Å². The normalized spacial score (nSPS) is 20.5. The molecule has 3 heteroatoms. The summed E-state index contributed by atoms with van der Waals surface area (Å²) in [5.74, 6) is 0. The maximum Gasteiger partial charge on any atom is 0.0750 e. The summed E-state index contributed by atoms with van der Waals surface area (Å²) in [5, 5.41) is 3.27. The monoisotopic (exact) mass is 262 g/mol. The molecule has 2 rings (SSSR count). The summed E-state index contributed by atoms with van der Waals surface area (Å²) in [4.78, 5) is 2.41. The second-order valence-corrected chi connectivity index (χ2v) is 5.28. The van der Waals surface area contributed by atoms with Gasteiger partial charge in [-0.15, -0.1) is 0 Å². The molecule has 1 N–H and O–H groups in total. The molecule has 0 bridgehead atoms. The highest BCUT2D eigenvalue weighted by Crippen LogP contribution is 2.21. The van der Waals surface area contributed by atoms with Crippen LogP contribution in [0.4, 0.5) is 5.69 Å². The zero-order valence-corrected chi connectivity index (χ0v) is 12.4. The molecule has 19 heavy (non-hydrogen) atoms. The summed E-state index contributed by atoms with van der Waals surface area (Å²) < 4.78 is 5.73. The van der Waals surface area contributed by atoms with Crippen molar-refractivity contribution in [1.29, 1.82) is 0 Å². The number of rotatable bonds is 6. The molecule has 2 unspecified atom stereocenters. The van der Waals surface area contributed by atoms with Crippen molar-refractivity contribution in [3.8, 4) is 0 Å². The number of benzene rings is 1. The Morgan fingerprint density at radius 3 is 2.63 bits per heavy atom. The highest BCUT2D eigenvalue weighted by Gasteiger charge is 2.18.